The van der Waals surface area contributed by atoms with Gasteiger partial charge in [-0.2, -0.15) is 0 Å². The second kappa shape index (κ2) is 32.4. The van der Waals surface area contributed by atoms with Crippen LogP contribution in [0, 0.1) is 124 Å². The molecule has 15 nitrogen and oxygen atoms in total. The predicted octanol–water partition coefficient (Wildman–Crippen LogP) is 12.6. The highest BCUT2D eigenvalue weighted by molar-refractivity contribution is 5.20. The molecule has 0 aromatic rings. The summed E-state index contributed by atoms with van der Waals surface area (Å²) in [7, 11) is 0. The minimum atomic E-state index is -0.0221. The van der Waals surface area contributed by atoms with E-state index in [1.54, 1.807) is 0 Å². The second-order valence-corrected chi connectivity index (χ2v) is 35.7. The van der Waals surface area contributed by atoms with Crippen LogP contribution in [0.2, 0.25) is 0 Å². The monoisotopic (exact) mass is 1340 g/mol. The Kier molecular flexibility index (Phi) is 24.0. The average molecular weight is 1340 g/mol. The Balaban J connectivity index is 0.897. The fourth-order valence-electron chi connectivity index (χ4n) is 26.6. The Morgan fingerprint density at radius 1 is 0.260 bits per heavy atom. The molecule has 6 aliphatic heterocycles. The van der Waals surface area contributed by atoms with E-state index in [0.717, 1.165) is 147 Å². The lowest BCUT2D eigenvalue weighted by molar-refractivity contribution is -0.186. The van der Waals surface area contributed by atoms with Gasteiger partial charge in [-0.3, -0.25) is 42.5 Å². The minimum Gasteiger partial charge on any atom is -0.378 e. The number of fused-ring (bicyclic) bond motifs is 26. The average Bonchev–Trinajstić information content (AvgIpc) is 1.03. The van der Waals surface area contributed by atoms with Crippen LogP contribution in [-0.2, 0) is 28.4 Å². The standard InChI is InChI=1S/C81H143N9O6/c1-9-15-36-91-68-53-32-25-26-33-54(53)69(92-37-16-10-2)64-63(68)78-85-74-59-46(7)52-34-27-35-82-67(52)73(96-41-20-14-6)62(59)77(84-74)88-81-66-65(71(94-39-18-12-4)57-44-50-30-23-24-31-51(50)45-58(57)72(66)95-40-19-13-5)80(90-81)87-76-61-60(75(83-76)86-79(64)89-78)47(8)55-42-48-28-21-22-29-49(48)43-56(55)70(61)93-38-17-11-3/h46-90H,9-45H2,1-8H3. The van der Waals surface area contributed by atoms with Gasteiger partial charge in [0.25, 0.3) is 0 Å². The van der Waals surface area contributed by atoms with Gasteiger partial charge in [0.2, 0.25) is 0 Å². The van der Waals surface area contributed by atoms with Crippen molar-refractivity contribution >= 4 is 0 Å². The second-order valence-electron chi connectivity index (χ2n) is 35.7. The van der Waals surface area contributed by atoms with Crippen LogP contribution in [0.25, 0.3) is 0 Å². The van der Waals surface area contributed by atoms with E-state index < -0.39 is 0 Å². The Morgan fingerprint density at radius 3 is 0.854 bits per heavy atom. The Hall–Kier alpha value is -0.600. The summed E-state index contributed by atoms with van der Waals surface area (Å²) in [6, 6.07) is 0.321. The van der Waals surface area contributed by atoms with E-state index >= 15 is 0 Å². The zero-order chi connectivity index (χ0) is 65.6. The highest BCUT2D eigenvalue weighted by Crippen LogP contribution is 2.61. The third kappa shape index (κ3) is 13.7. The summed E-state index contributed by atoms with van der Waals surface area (Å²) in [4.78, 5) is 0. The molecule has 36 atom stereocenters. The van der Waals surface area contributed by atoms with Crippen LogP contribution in [0.1, 0.15) is 248 Å². The van der Waals surface area contributed by atoms with Gasteiger partial charge >= 0.3 is 0 Å². The molecule has 9 N–H and O–H groups in total. The molecule has 0 aromatic carbocycles. The lowest BCUT2D eigenvalue weighted by atomic mass is 9.52. The van der Waals surface area contributed by atoms with Crippen molar-refractivity contribution in [3.05, 3.63) is 0 Å². The molecule has 15 fully saturated rings. The van der Waals surface area contributed by atoms with Crippen LogP contribution >= 0.6 is 0 Å². The number of nitrogens with one attached hydrogen (secondary N) is 9. The van der Waals surface area contributed by atoms with E-state index in [9.17, 15) is 0 Å². The fourth-order valence-corrected chi connectivity index (χ4v) is 26.6. The van der Waals surface area contributed by atoms with E-state index in [-0.39, 0.29) is 121 Å². The molecule has 0 radical (unpaired) electrons. The summed E-state index contributed by atoms with van der Waals surface area (Å²) in [5, 5.41) is 42.1. The van der Waals surface area contributed by atoms with Crippen molar-refractivity contribution < 1.29 is 28.4 Å². The Labute approximate surface area is 583 Å². The molecule has 6 heterocycles. The SMILES string of the molecule is CCCCOC1C2CC3CCCCC3CC2C(C)C2C3NC(NC4NC(NC5NC(NC6NC(N3)C3C(OCCCC)C7CCCCC7C(OCCCC)C63)C3C(C)C6CCCNC6C(OCCCC)C53)C3C(OCCCC)C5CC6CCCCC6CC5C(OCCCC)C43)C12. The van der Waals surface area contributed by atoms with Crippen molar-refractivity contribution in [2.45, 2.75) is 340 Å². The highest BCUT2D eigenvalue weighted by atomic mass is 16.5. The van der Waals surface area contributed by atoms with Gasteiger partial charge < -0.3 is 33.7 Å². The van der Waals surface area contributed by atoms with Crippen molar-refractivity contribution in [3.63, 3.8) is 0 Å². The lowest BCUT2D eigenvalue weighted by Gasteiger charge is -2.57. The first-order chi connectivity index (χ1) is 47.2. The maximum Gasteiger partial charge on any atom is 0.0790 e. The summed E-state index contributed by atoms with van der Waals surface area (Å²) in [5.41, 5.74) is 0. The molecular formula is C81H143N9O6. The van der Waals surface area contributed by atoms with Crippen LogP contribution in [0.15, 0.2) is 0 Å². The molecule has 0 amide bonds. The van der Waals surface area contributed by atoms with Gasteiger partial charge in [0.05, 0.1) is 86.0 Å². The van der Waals surface area contributed by atoms with Crippen LogP contribution in [0.3, 0.4) is 0 Å². The van der Waals surface area contributed by atoms with Gasteiger partial charge in [-0.25, -0.2) is 0 Å². The van der Waals surface area contributed by atoms with Gasteiger partial charge in [-0.15, -0.1) is 0 Å². The van der Waals surface area contributed by atoms with Gasteiger partial charge in [0, 0.05) is 81.2 Å². The number of hydrogen-bond donors (Lipinski definition) is 9. The first-order valence-corrected chi connectivity index (χ1v) is 42.8. The lowest BCUT2D eigenvalue weighted by Crippen LogP contribution is -2.66. The minimum absolute atomic E-state index is 0.00451. The van der Waals surface area contributed by atoms with Crippen LogP contribution in [0.4, 0.5) is 0 Å². The highest BCUT2D eigenvalue weighted by Gasteiger charge is 2.69. The molecule has 0 aromatic heterocycles. The number of unbranched alkanes of at least 4 members (excludes halogenated alkanes) is 6. The number of ether oxygens (including phenoxy) is 6. The topological polar surface area (TPSA) is 164 Å². The van der Waals surface area contributed by atoms with E-state index in [0.29, 0.717) is 71.1 Å². The molecule has 15 heteroatoms. The fraction of sp³-hybridized carbons (Fsp3) is 1.00. The smallest absolute Gasteiger partial charge is 0.0790 e. The Morgan fingerprint density at radius 2 is 0.510 bits per heavy atom. The molecule has 0 spiro atoms. The van der Waals surface area contributed by atoms with Gasteiger partial charge in [-0.1, -0.05) is 158 Å². The molecule has 96 heavy (non-hydrogen) atoms. The van der Waals surface area contributed by atoms with Gasteiger partial charge in [-0.05, 0) is 185 Å². The van der Waals surface area contributed by atoms with E-state index in [1.807, 2.05) is 0 Å². The zero-order valence-electron chi connectivity index (χ0n) is 61.9. The van der Waals surface area contributed by atoms with Crippen molar-refractivity contribution in [2.75, 3.05) is 46.2 Å². The maximum atomic E-state index is 7.84. The summed E-state index contributed by atoms with van der Waals surface area (Å²) in [6.07, 6.45) is 38.5. The van der Waals surface area contributed by atoms with Gasteiger partial charge in [0.15, 0.2) is 0 Å². The summed E-state index contributed by atoms with van der Waals surface area (Å²) in [5.74, 6) is 10.0. The number of hydrogen-bond acceptors (Lipinski definition) is 15. The normalized spacial score (nSPS) is 50.8. The first kappa shape index (κ1) is 71.0. The number of piperidine rings is 1. The molecular weight excluding hydrogens is 1190 g/mol. The third-order valence-corrected chi connectivity index (χ3v) is 30.8. The summed E-state index contributed by atoms with van der Waals surface area (Å²) in [6.45, 7) is 25.6. The van der Waals surface area contributed by atoms with Crippen LogP contribution < -0.4 is 47.9 Å². The zero-order valence-corrected chi connectivity index (χ0v) is 61.9. The van der Waals surface area contributed by atoms with Crippen LogP contribution in [-0.4, -0.2) is 138 Å². The molecule has 548 valence electrons. The first-order valence-electron chi connectivity index (χ1n) is 42.8. The van der Waals surface area contributed by atoms with Crippen molar-refractivity contribution in [3.8, 4) is 0 Å². The van der Waals surface area contributed by atoms with Crippen molar-refractivity contribution in [2.24, 2.45) is 124 Å². The molecule has 36 unspecified atom stereocenters. The van der Waals surface area contributed by atoms with Crippen LogP contribution in [0.5, 0.6) is 0 Å². The van der Waals surface area contributed by atoms with E-state index in [4.69, 9.17) is 60.3 Å². The number of rotatable bonds is 24. The third-order valence-electron chi connectivity index (χ3n) is 30.8. The summed E-state index contributed by atoms with van der Waals surface area (Å²) >= 11 is 0. The van der Waals surface area contributed by atoms with E-state index in [2.05, 4.69) is 71.3 Å². The molecule has 6 saturated heterocycles. The molecule has 15 aliphatic rings. The molecule has 9 saturated carbocycles. The Bertz CT molecular complexity index is 2420. The molecule has 9 aliphatic carbocycles. The largest absolute Gasteiger partial charge is 0.378 e. The maximum absolute atomic E-state index is 7.84. The van der Waals surface area contributed by atoms with Gasteiger partial charge in [0.1, 0.15) is 0 Å². The van der Waals surface area contributed by atoms with Crippen molar-refractivity contribution in [1.29, 1.82) is 0 Å². The molecule has 15 rings (SSSR count). The summed E-state index contributed by atoms with van der Waals surface area (Å²) < 4.78 is 46.4. The quantitative estimate of drug-likeness (QED) is 0.0419. The predicted molar refractivity (Wildman–Crippen MR) is 383 cm³/mol. The van der Waals surface area contributed by atoms with Crippen molar-refractivity contribution in [1.82, 2.24) is 47.9 Å². The molecule has 8 bridgehead atoms. The van der Waals surface area contributed by atoms with E-state index in [1.165, 1.54) is 116 Å².